The minimum atomic E-state index is -0.591. The van der Waals surface area contributed by atoms with Crippen LogP contribution in [0.5, 0.6) is 11.5 Å². The van der Waals surface area contributed by atoms with Gasteiger partial charge in [-0.3, -0.25) is 4.79 Å². The summed E-state index contributed by atoms with van der Waals surface area (Å²) < 4.78 is 12.6. The Morgan fingerprint density at radius 2 is 1.83 bits per heavy atom. The van der Waals surface area contributed by atoms with Gasteiger partial charge in [-0.2, -0.15) is 4.98 Å². The van der Waals surface area contributed by atoms with Crippen molar-refractivity contribution in [3.63, 3.8) is 0 Å². The predicted octanol–water partition coefficient (Wildman–Crippen LogP) is 3.04. The summed E-state index contributed by atoms with van der Waals surface area (Å²) in [5.41, 5.74) is 9.54. The molecule has 3 N–H and O–H groups in total. The molecule has 1 amide bonds. The first kappa shape index (κ1) is 19.5. The van der Waals surface area contributed by atoms with Crippen molar-refractivity contribution in [2.24, 2.45) is 5.73 Å². The molecule has 1 unspecified atom stereocenters. The summed E-state index contributed by atoms with van der Waals surface area (Å²) in [6.07, 6.45) is 0. The van der Waals surface area contributed by atoms with Gasteiger partial charge in [-0.1, -0.05) is 29.8 Å². The van der Waals surface area contributed by atoms with Gasteiger partial charge in [-0.15, -0.1) is 5.10 Å². The third-order valence-corrected chi connectivity index (χ3v) is 5.16. The van der Waals surface area contributed by atoms with Crippen molar-refractivity contribution < 1.29 is 14.3 Å². The van der Waals surface area contributed by atoms with E-state index in [0.29, 0.717) is 34.5 Å². The van der Waals surface area contributed by atoms with Gasteiger partial charge in [0, 0.05) is 22.9 Å². The van der Waals surface area contributed by atoms with E-state index in [1.165, 1.54) is 0 Å². The molecule has 0 radical (unpaired) electrons. The van der Waals surface area contributed by atoms with E-state index in [2.05, 4.69) is 10.3 Å². The van der Waals surface area contributed by atoms with Gasteiger partial charge in [-0.05, 0) is 26.0 Å². The molecule has 30 heavy (non-hydrogen) atoms. The molecule has 0 aliphatic carbocycles. The molecular formula is C22H23N5O3. The van der Waals surface area contributed by atoms with Crippen molar-refractivity contribution >= 4 is 11.9 Å². The van der Waals surface area contributed by atoms with Gasteiger partial charge in [-0.25, -0.2) is 4.68 Å². The van der Waals surface area contributed by atoms with Crippen LogP contribution in [0.25, 0.3) is 11.4 Å². The molecule has 2 aromatic carbocycles. The maximum absolute atomic E-state index is 12.4. The number of fused-ring (bicyclic) bond motifs is 1. The van der Waals surface area contributed by atoms with Gasteiger partial charge in [0.1, 0.15) is 17.5 Å². The molecule has 0 spiro atoms. The Bertz CT molecular complexity index is 1150. The normalized spacial score (nSPS) is 15.4. The van der Waals surface area contributed by atoms with Gasteiger partial charge < -0.3 is 20.5 Å². The molecule has 0 fully saturated rings. The van der Waals surface area contributed by atoms with E-state index >= 15 is 0 Å². The fourth-order valence-corrected chi connectivity index (χ4v) is 3.63. The summed E-state index contributed by atoms with van der Waals surface area (Å²) in [7, 11) is 3.15. The maximum atomic E-state index is 12.4. The Morgan fingerprint density at radius 3 is 2.47 bits per heavy atom. The first-order valence-corrected chi connectivity index (χ1v) is 9.46. The highest BCUT2D eigenvalue weighted by molar-refractivity contribution is 5.95. The molecule has 2 heterocycles. The predicted molar refractivity (Wildman–Crippen MR) is 113 cm³/mol. The summed E-state index contributed by atoms with van der Waals surface area (Å²) in [5, 5.41) is 7.86. The monoisotopic (exact) mass is 405 g/mol. The molecule has 1 aliphatic rings. The number of benzene rings is 2. The van der Waals surface area contributed by atoms with Gasteiger partial charge in [0.25, 0.3) is 0 Å². The number of allylic oxidation sites excluding steroid dienone is 1. The number of primary amides is 1. The van der Waals surface area contributed by atoms with Crippen molar-refractivity contribution in [1.82, 2.24) is 14.8 Å². The number of nitrogens with two attached hydrogens (primary N) is 1. The molecule has 1 aromatic heterocycles. The van der Waals surface area contributed by atoms with Gasteiger partial charge >= 0.3 is 0 Å². The Balaban J connectivity index is 1.90. The van der Waals surface area contributed by atoms with Gasteiger partial charge in [0.15, 0.2) is 5.82 Å². The number of methoxy groups -OCH3 is 2. The first-order valence-electron chi connectivity index (χ1n) is 9.46. The molecule has 154 valence electrons. The number of aromatic nitrogens is 3. The quantitative estimate of drug-likeness (QED) is 0.676. The van der Waals surface area contributed by atoms with Crippen molar-refractivity contribution in [3.8, 4) is 22.9 Å². The zero-order valence-corrected chi connectivity index (χ0v) is 17.3. The van der Waals surface area contributed by atoms with Crippen LogP contribution in [-0.2, 0) is 4.79 Å². The third kappa shape index (κ3) is 3.26. The standard InChI is InChI=1S/C22H23N5O3/c1-12-5-7-14(8-6-12)21-25-22-24-13(2)18(20(23)28)19(27(22)26-21)16-10-9-15(29-3)11-17(16)30-4/h5-11,19H,1-4H3,(H2,23,28)(H,24,25,26). The zero-order valence-electron chi connectivity index (χ0n) is 17.3. The number of ether oxygens (including phenoxy) is 2. The van der Waals surface area contributed by atoms with E-state index in [4.69, 9.17) is 20.3 Å². The minimum absolute atomic E-state index is 0.395. The van der Waals surface area contributed by atoms with E-state index in [9.17, 15) is 4.79 Å². The average Bonchev–Trinajstić information content (AvgIpc) is 3.16. The molecule has 8 nitrogen and oxygen atoms in total. The van der Waals surface area contributed by atoms with Crippen LogP contribution in [0.2, 0.25) is 0 Å². The minimum Gasteiger partial charge on any atom is -0.497 e. The molecule has 4 rings (SSSR count). The SMILES string of the molecule is COc1ccc(C2C(C(N)=O)=C(C)Nc3nc(-c4ccc(C)cc4)nn32)c(OC)c1. The first-order chi connectivity index (χ1) is 14.4. The summed E-state index contributed by atoms with van der Waals surface area (Å²) in [6.45, 7) is 3.82. The number of aryl methyl sites for hydroxylation is 1. The van der Waals surface area contributed by atoms with Crippen LogP contribution in [-0.4, -0.2) is 34.9 Å². The third-order valence-electron chi connectivity index (χ3n) is 5.16. The van der Waals surface area contributed by atoms with Crippen LogP contribution in [0.15, 0.2) is 53.7 Å². The lowest BCUT2D eigenvalue weighted by Gasteiger charge is -2.28. The Labute approximate surface area is 174 Å². The fourth-order valence-electron chi connectivity index (χ4n) is 3.63. The lowest BCUT2D eigenvalue weighted by Crippen LogP contribution is -2.32. The van der Waals surface area contributed by atoms with E-state index in [1.54, 1.807) is 31.9 Å². The summed E-state index contributed by atoms with van der Waals surface area (Å²) in [4.78, 5) is 17.0. The highest BCUT2D eigenvalue weighted by Crippen LogP contribution is 2.40. The lowest BCUT2D eigenvalue weighted by atomic mass is 9.94. The molecule has 0 saturated heterocycles. The number of amides is 1. The van der Waals surface area contributed by atoms with Crippen LogP contribution in [0.4, 0.5) is 5.95 Å². The number of hydrogen-bond acceptors (Lipinski definition) is 6. The molecule has 8 heteroatoms. The Hall–Kier alpha value is -3.81. The van der Waals surface area contributed by atoms with Crippen LogP contribution in [0.1, 0.15) is 24.1 Å². The number of carbonyl (C=O) groups is 1. The summed E-state index contributed by atoms with van der Waals surface area (Å²) in [5.74, 6) is 1.74. The fraction of sp³-hybridized carbons (Fsp3) is 0.227. The summed E-state index contributed by atoms with van der Waals surface area (Å²) in [6, 6.07) is 12.8. The number of anilines is 1. The van der Waals surface area contributed by atoms with Crippen molar-refractivity contribution in [2.45, 2.75) is 19.9 Å². The van der Waals surface area contributed by atoms with E-state index in [-0.39, 0.29) is 0 Å². The molecule has 1 aliphatic heterocycles. The van der Waals surface area contributed by atoms with Crippen molar-refractivity contribution in [1.29, 1.82) is 0 Å². The van der Waals surface area contributed by atoms with Crippen molar-refractivity contribution in [2.75, 3.05) is 19.5 Å². The van der Waals surface area contributed by atoms with Crippen LogP contribution < -0.4 is 20.5 Å². The van der Waals surface area contributed by atoms with E-state index in [1.807, 2.05) is 43.3 Å². The van der Waals surface area contributed by atoms with E-state index in [0.717, 1.165) is 16.7 Å². The Morgan fingerprint density at radius 1 is 1.10 bits per heavy atom. The summed E-state index contributed by atoms with van der Waals surface area (Å²) >= 11 is 0. The number of nitrogens with one attached hydrogen (secondary N) is 1. The Kier molecular flexibility index (Phi) is 4.91. The molecule has 0 saturated carbocycles. The maximum Gasteiger partial charge on any atom is 0.248 e. The number of rotatable bonds is 5. The molecule has 3 aromatic rings. The molecular weight excluding hydrogens is 382 g/mol. The zero-order chi connectivity index (χ0) is 21.4. The topological polar surface area (TPSA) is 104 Å². The second-order valence-corrected chi connectivity index (χ2v) is 7.11. The van der Waals surface area contributed by atoms with Gasteiger partial charge in [0.2, 0.25) is 11.9 Å². The average molecular weight is 405 g/mol. The number of hydrogen-bond donors (Lipinski definition) is 2. The van der Waals surface area contributed by atoms with E-state index < -0.39 is 11.9 Å². The molecule has 0 bridgehead atoms. The highest BCUT2D eigenvalue weighted by Gasteiger charge is 2.35. The van der Waals surface area contributed by atoms with Crippen LogP contribution >= 0.6 is 0 Å². The lowest BCUT2D eigenvalue weighted by molar-refractivity contribution is -0.115. The number of nitrogens with zero attached hydrogens (tertiary/aromatic N) is 3. The van der Waals surface area contributed by atoms with Crippen LogP contribution in [0, 0.1) is 6.92 Å². The largest absolute Gasteiger partial charge is 0.497 e. The van der Waals surface area contributed by atoms with Crippen molar-refractivity contribution in [3.05, 3.63) is 64.9 Å². The second kappa shape index (κ2) is 7.55. The highest BCUT2D eigenvalue weighted by atomic mass is 16.5. The molecule has 1 atom stereocenters. The van der Waals surface area contributed by atoms with Crippen LogP contribution in [0.3, 0.4) is 0 Å². The number of carbonyl (C=O) groups excluding carboxylic acids is 1. The smallest absolute Gasteiger partial charge is 0.248 e. The second-order valence-electron chi connectivity index (χ2n) is 7.11. The van der Waals surface area contributed by atoms with Gasteiger partial charge in [0.05, 0.1) is 19.8 Å².